The average Bonchev–Trinajstić information content (AvgIpc) is 2.61. The Hall–Kier alpha value is -2.21. The Morgan fingerprint density at radius 2 is 1.76 bits per heavy atom. The van der Waals surface area contributed by atoms with Crippen LogP contribution in [0.4, 0.5) is 4.39 Å². The van der Waals surface area contributed by atoms with Crippen molar-refractivity contribution in [1.29, 1.82) is 0 Å². The van der Waals surface area contributed by atoms with Crippen LogP contribution in [0.5, 0.6) is 0 Å². The van der Waals surface area contributed by atoms with Crippen LogP contribution in [0.1, 0.15) is 28.8 Å². The second kappa shape index (κ2) is 9.93. The Morgan fingerprint density at radius 3 is 2.52 bits per heavy atom. The largest absolute Gasteiger partial charge is 0.356 e. The highest BCUT2D eigenvalue weighted by molar-refractivity contribution is 9.10. The molecule has 0 aliphatic carbocycles. The maximum Gasteiger partial charge on any atom is 0.252 e. The highest BCUT2D eigenvalue weighted by Gasteiger charge is 2.11. The molecule has 0 atom stereocenters. The zero-order valence-corrected chi connectivity index (χ0v) is 15.3. The SMILES string of the molecule is O=C(CCNC(=O)c1cc(F)ccc1Br)NCCCc1ccccc1. The molecule has 6 heteroatoms. The third kappa shape index (κ3) is 6.66. The first kappa shape index (κ1) is 19.1. The van der Waals surface area contributed by atoms with Crippen molar-refractivity contribution in [2.24, 2.45) is 0 Å². The molecule has 0 heterocycles. The van der Waals surface area contributed by atoms with Gasteiger partial charge in [-0.25, -0.2) is 4.39 Å². The second-order valence-corrected chi connectivity index (χ2v) is 6.42. The summed E-state index contributed by atoms with van der Waals surface area (Å²) in [5.41, 5.74) is 1.45. The van der Waals surface area contributed by atoms with E-state index >= 15 is 0 Å². The highest BCUT2D eigenvalue weighted by Crippen LogP contribution is 2.17. The lowest BCUT2D eigenvalue weighted by molar-refractivity contribution is -0.120. The van der Waals surface area contributed by atoms with Crippen LogP contribution in [0.25, 0.3) is 0 Å². The summed E-state index contributed by atoms with van der Waals surface area (Å²) in [7, 11) is 0. The van der Waals surface area contributed by atoms with Crippen LogP contribution in [0, 0.1) is 5.82 Å². The third-order valence-corrected chi connectivity index (χ3v) is 4.31. The van der Waals surface area contributed by atoms with Crippen molar-refractivity contribution in [3.63, 3.8) is 0 Å². The van der Waals surface area contributed by atoms with Gasteiger partial charge in [0.05, 0.1) is 5.56 Å². The van der Waals surface area contributed by atoms with Crippen molar-refractivity contribution in [2.75, 3.05) is 13.1 Å². The van der Waals surface area contributed by atoms with Crippen molar-refractivity contribution in [3.05, 3.63) is 69.9 Å². The van der Waals surface area contributed by atoms with Crippen molar-refractivity contribution in [1.82, 2.24) is 10.6 Å². The van der Waals surface area contributed by atoms with Gasteiger partial charge in [0, 0.05) is 24.0 Å². The predicted octanol–water partition coefficient (Wildman–Crippen LogP) is 3.46. The van der Waals surface area contributed by atoms with Gasteiger partial charge in [-0.05, 0) is 52.5 Å². The number of hydrogen-bond donors (Lipinski definition) is 2. The van der Waals surface area contributed by atoms with Gasteiger partial charge in [0.2, 0.25) is 5.91 Å². The molecular formula is C19H20BrFN2O2. The molecule has 0 spiro atoms. The number of carbonyl (C=O) groups is 2. The molecular weight excluding hydrogens is 387 g/mol. The second-order valence-electron chi connectivity index (χ2n) is 5.57. The summed E-state index contributed by atoms with van der Waals surface area (Å²) in [5.74, 6) is -1.01. The molecule has 0 fully saturated rings. The fourth-order valence-electron chi connectivity index (χ4n) is 2.31. The van der Waals surface area contributed by atoms with Crippen LogP contribution in [0.3, 0.4) is 0 Å². The van der Waals surface area contributed by atoms with Gasteiger partial charge in [0.15, 0.2) is 0 Å². The number of rotatable bonds is 8. The summed E-state index contributed by atoms with van der Waals surface area (Å²) in [6, 6.07) is 14.0. The minimum absolute atomic E-state index is 0.119. The topological polar surface area (TPSA) is 58.2 Å². The number of benzene rings is 2. The van der Waals surface area contributed by atoms with E-state index in [1.165, 1.54) is 17.7 Å². The van der Waals surface area contributed by atoms with E-state index in [0.29, 0.717) is 11.0 Å². The number of halogens is 2. The van der Waals surface area contributed by atoms with E-state index in [0.717, 1.165) is 18.9 Å². The maximum absolute atomic E-state index is 13.2. The fraction of sp³-hybridized carbons (Fsp3) is 0.263. The van der Waals surface area contributed by atoms with Crippen molar-refractivity contribution in [2.45, 2.75) is 19.3 Å². The molecule has 2 aromatic rings. The first-order valence-corrected chi connectivity index (χ1v) is 8.89. The van der Waals surface area contributed by atoms with Crippen molar-refractivity contribution in [3.8, 4) is 0 Å². The van der Waals surface area contributed by atoms with E-state index in [4.69, 9.17) is 0 Å². The summed E-state index contributed by atoms with van der Waals surface area (Å²) >= 11 is 3.21. The Bertz CT molecular complexity index is 723. The van der Waals surface area contributed by atoms with Gasteiger partial charge in [-0.15, -0.1) is 0 Å². The molecule has 0 aliphatic rings. The van der Waals surface area contributed by atoms with Crippen LogP contribution in [-0.2, 0) is 11.2 Å². The Morgan fingerprint density at radius 1 is 1.00 bits per heavy atom. The number of hydrogen-bond acceptors (Lipinski definition) is 2. The third-order valence-electron chi connectivity index (χ3n) is 3.62. The first-order valence-electron chi connectivity index (χ1n) is 8.10. The summed E-state index contributed by atoms with van der Waals surface area (Å²) < 4.78 is 13.7. The fourth-order valence-corrected chi connectivity index (χ4v) is 2.74. The number of aryl methyl sites for hydroxylation is 1. The molecule has 0 bridgehead atoms. The lowest BCUT2D eigenvalue weighted by Crippen LogP contribution is -2.31. The van der Waals surface area contributed by atoms with E-state index < -0.39 is 11.7 Å². The Balaban J connectivity index is 1.63. The predicted molar refractivity (Wildman–Crippen MR) is 98.8 cm³/mol. The molecule has 0 saturated heterocycles. The minimum atomic E-state index is -0.482. The summed E-state index contributed by atoms with van der Waals surface area (Å²) in [4.78, 5) is 23.7. The first-order chi connectivity index (χ1) is 12.1. The molecule has 4 nitrogen and oxygen atoms in total. The molecule has 0 saturated carbocycles. The van der Waals surface area contributed by atoms with E-state index in [1.54, 1.807) is 0 Å². The molecule has 25 heavy (non-hydrogen) atoms. The molecule has 132 valence electrons. The van der Waals surface area contributed by atoms with E-state index in [1.807, 2.05) is 18.2 Å². The molecule has 0 unspecified atom stereocenters. The van der Waals surface area contributed by atoms with Gasteiger partial charge in [-0.2, -0.15) is 0 Å². The summed E-state index contributed by atoms with van der Waals surface area (Å²) in [5, 5.41) is 5.45. The highest BCUT2D eigenvalue weighted by atomic mass is 79.9. The number of amides is 2. The van der Waals surface area contributed by atoms with Crippen LogP contribution in [0.2, 0.25) is 0 Å². The Kier molecular flexibility index (Phi) is 7.60. The lowest BCUT2D eigenvalue weighted by Gasteiger charge is -2.08. The molecule has 2 amide bonds. The van der Waals surface area contributed by atoms with Crippen LogP contribution >= 0.6 is 15.9 Å². The molecule has 0 aliphatic heterocycles. The van der Waals surface area contributed by atoms with Crippen molar-refractivity contribution < 1.29 is 14.0 Å². The van der Waals surface area contributed by atoms with Gasteiger partial charge in [-0.1, -0.05) is 30.3 Å². The molecule has 2 N–H and O–H groups in total. The normalized spacial score (nSPS) is 10.3. The van der Waals surface area contributed by atoms with Gasteiger partial charge in [0.25, 0.3) is 5.91 Å². The average molecular weight is 407 g/mol. The zero-order valence-electron chi connectivity index (χ0n) is 13.7. The van der Waals surface area contributed by atoms with Gasteiger partial charge < -0.3 is 10.6 Å². The van der Waals surface area contributed by atoms with Crippen LogP contribution in [-0.4, -0.2) is 24.9 Å². The van der Waals surface area contributed by atoms with E-state index in [2.05, 4.69) is 38.7 Å². The van der Waals surface area contributed by atoms with Gasteiger partial charge in [-0.3, -0.25) is 9.59 Å². The molecule has 0 radical (unpaired) electrons. The summed E-state index contributed by atoms with van der Waals surface area (Å²) in [6.07, 6.45) is 1.95. The monoisotopic (exact) mass is 406 g/mol. The molecule has 2 aromatic carbocycles. The number of nitrogens with one attached hydrogen (secondary N) is 2. The number of carbonyl (C=O) groups excluding carboxylic acids is 2. The Labute approximate surface area is 154 Å². The lowest BCUT2D eigenvalue weighted by atomic mass is 10.1. The van der Waals surface area contributed by atoms with E-state index in [9.17, 15) is 14.0 Å². The van der Waals surface area contributed by atoms with Crippen LogP contribution in [0.15, 0.2) is 53.0 Å². The quantitative estimate of drug-likeness (QED) is 0.659. The van der Waals surface area contributed by atoms with E-state index in [-0.39, 0.29) is 24.4 Å². The maximum atomic E-state index is 13.2. The summed E-state index contributed by atoms with van der Waals surface area (Å²) in [6.45, 7) is 0.795. The standard InChI is InChI=1S/C19H20BrFN2O2/c20-17-9-8-15(21)13-16(17)19(25)23-12-10-18(24)22-11-4-7-14-5-2-1-3-6-14/h1-3,5-6,8-9,13H,4,7,10-12H2,(H,22,24)(H,23,25). The van der Waals surface area contributed by atoms with Gasteiger partial charge in [0.1, 0.15) is 5.82 Å². The van der Waals surface area contributed by atoms with Crippen molar-refractivity contribution >= 4 is 27.7 Å². The minimum Gasteiger partial charge on any atom is -0.356 e. The smallest absolute Gasteiger partial charge is 0.252 e. The zero-order chi connectivity index (χ0) is 18.1. The van der Waals surface area contributed by atoms with Crippen LogP contribution < -0.4 is 10.6 Å². The van der Waals surface area contributed by atoms with Gasteiger partial charge >= 0.3 is 0 Å². The molecule has 2 rings (SSSR count). The molecule has 0 aromatic heterocycles.